The molecule has 2 bridgehead atoms. The van der Waals surface area contributed by atoms with Crippen LogP contribution in [0.5, 0.6) is 0 Å². The molecule has 0 radical (unpaired) electrons. The number of carbonyl (C=O) groups excluding carboxylic acids is 3. The van der Waals surface area contributed by atoms with Crippen molar-refractivity contribution < 1.29 is 19.5 Å². The number of amides is 3. The number of hydrogen-bond acceptors (Lipinski definition) is 5. The Morgan fingerprint density at radius 3 is 2.47 bits per heavy atom. The molecule has 206 valence electrons. The summed E-state index contributed by atoms with van der Waals surface area (Å²) in [4.78, 5) is 47.5. The molecule has 0 saturated carbocycles. The molecular formula is C29H38ClN3O4S. The van der Waals surface area contributed by atoms with Gasteiger partial charge in [0.1, 0.15) is 6.04 Å². The predicted octanol–water partition coefficient (Wildman–Crippen LogP) is 4.00. The number of aliphatic hydroxyl groups is 1. The summed E-state index contributed by atoms with van der Waals surface area (Å²) >= 11 is 7.80. The van der Waals surface area contributed by atoms with Gasteiger partial charge in [0.25, 0.3) is 5.91 Å². The van der Waals surface area contributed by atoms with Gasteiger partial charge >= 0.3 is 0 Å². The molecular weight excluding hydrogens is 522 g/mol. The standard InChI is InChI=1S/C29H38ClN3O4S/c1-5-14-31(4)26(35)23-22-18-19(3)29(38-22)24(23)27(36)33(16-8-7-9-17-34)25(29)28(37)32(15-6-2)21-12-10-20(30)11-13-21/h5-6,10-13,19,22-25,34H,1-2,7-9,14-18H2,3-4H3/t19?,22-,23+,24+,25?,29?/m1/s1. The Balaban J connectivity index is 1.76. The number of likely N-dealkylation sites (tertiary alicyclic amines) is 1. The lowest BCUT2D eigenvalue weighted by atomic mass is 9.65. The zero-order valence-corrected chi connectivity index (χ0v) is 23.8. The normalized spacial score (nSPS) is 29.3. The first-order valence-corrected chi connectivity index (χ1v) is 14.6. The number of benzene rings is 1. The Labute approximate surface area is 234 Å². The number of aliphatic hydroxyl groups excluding tert-OH is 1. The van der Waals surface area contributed by atoms with Gasteiger partial charge in [-0.05, 0) is 55.9 Å². The van der Waals surface area contributed by atoms with E-state index >= 15 is 0 Å². The van der Waals surface area contributed by atoms with Crippen LogP contribution in [0.4, 0.5) is 5.69 Å². The highest BCUT2D eigenvalue weighted by Gasteiger charge is 2.76. The maximum absolute atomic E-state index is 14.5. The minimum Gasteiger partial charge on any atom is -0.396 e. The van der Waals surface area contributed by atoms with Gasteiger partial charge in [-0.1, -0.05) is 30.7 Å². The van der Waals surface area contributed by atoms with E-state index in [-0.39, 0.29) is 42.0 Å². The SMILES string of the molecule is C=CCN(C)C(=O)[C@@H]1[C@H]2C(=O)N(CCCCCO)C(C(=O)N(CC=C)c3ccc(Cl)cc3)C23S[C@@H]1CC3C. The second-order valence-electron chi connectivity index (χ2n) is 10.6. The van der Waals surface area contributed by atoms with E-state index in [9.17, 15) is 19.5 Å². The van der Waals surface area contributed by atoms with Crippen molar-refractivity contribution in [2.75, 3.05) is 38.2 Å². The fourth-order valence-corrected chi connectivity index (χ4v) is 9.19. The van der Waals surface area contributed by atoms with E-state index in [0.29, 0.717) is 36.6 Å². The van der Waals surface area contributed by atoms with Crippen molar-refractivity contribution in [2.45, 2.75) is 48.6 Å². The maximum atomic E-state index is 14.5. The summed E-state index contributed by atoms with van der Waals surface area (Å²) in [5.74, 6) is -1.24. The molecule has 1 N–H and O–H groups in total. The average molecular weight is 560 g/mol. The number of unbranched alkanes of at least 4 members (excludes halogenated alkanes) is 2. The minimum absolute atomic E-state index is 0.00561. The third kappa shape index (κ3) is 4.80. The number of fused-ring (bicyclic) bond motifs is 1. The smallest absolute Gasteiger partial charge is 0.251 e. The molecule has 9 heteroatoms. The van der Waals surface area contributed by atoms with Crippen LogP contribution >= 0.6 is 23.4 Å². The molecule has 3 amide bonds. The molecule has 3 heterocycles. The lowest BCUT2D eigenvalue weighted by Gasteiger charge is -2.41. The molecule has 1 spiro atoms. The van der Waals surface area contributed by atoms with Crippen LogP contribution in [-0.2, 0) is 14.4 Å². The van der Waals surface area contributed by atoms with Crippen LogP contribution < -0.4 is 4.90 Å². The molecule has 1 aromatic carbocycles. The highest BCUT2D eigenvalue weighted by atomic mass is 35.5. The molecule has 3 fully saturated rings. The van der Waals surface area contributed by atoms with Gasteiger partial charge in [0, 0.05) is 49.2 Å². The van der Waals surface area contributed by atoms with Crippen molar-refractivity contribution in [3.8, 4) is 0 Å². The second kappa shape index (κ2) is 11.8. The summed E-state index contributed by atoms with van der Waals surface area (Å²) in [6.07, 6.45) is 6.23. The molecule has 3 unspecified atom stereocenters. The van der Waals surface area contributed by atoms with E-state index in [1.54, 1.807) is 69.9 Å². The summed E-state index contributed by atoms with van der Waals surface area (Å²) < 4.78 is -0.684. The Bertz CT molecular complexity index is 1080. The fraction of sp³-hybridized carbons (Fsp3) is 0.552. The summed E-state index contributed by atoms with van der Waals surface area (Å²) in [5.41, 5.74) is 0.690. The third-order valence-electron chi connectivity index (χ3n) is 8.32. The molecule has 3 aliphatic heterocycles. The fourth-order valence-electron chi connectivity index (χ4n) is 6.65. The van der Waals surface area contributed by atoms with Crippen LogP contribution in [0.2, 0.25) is 5.02 Å². The lowest BCUT2D eigenvalue weighted by Crippen LogP contribution is -2.57. The van der Waals surface area contributed by atoms with Crippen molar-refractivity contribution in [2.24, 2.45) is 17.8 Å². The molecule has 0 aromatic heterocycles. The number of likely N-dealkylation sites (N-methyl/N-ethyl adjacent to an activating group) is 1. The van der Waals surface area contributed by atoms with Gasteiger partial charge in [0.15, 0.2) is 0 Å². The van der Waals surface area contributed by atoms with E-state index in [1.165, 1.54) is 0 Å². The van der Waals surface area contributed by atoms with Crippen molar-refractivity contribution >= 4 is 46.8 Å². The van der Waals surface area contributed by atoms with Crippen LogP contribution in [0.1, 0.15) is 32.6 Å². The van der Waals surface area contributed by atoms with Gasteiger partial charge < -0.3 is 19.8 Å². The molecule has 6 atom stereocenters. The molecule has 7 nitrogen and oxygen atoms in total. The number of rotatable bonds is 12. The second-order valence-corrected chi connectivity index (χ2v) is 12.6. The Morgan fingerprint density at radius 1 is 1.16 bits per heavy atom. The van der Waals surface area contributed by atoms with Crippen LogP contribution in [0.25, 0.3) is 0 Å². The summed E-state index contributed by atoms with van der Waals surface area (Å²) in [5, 5.41) is 9.82. The Morgan fingerprint density at radius 2 is 1.84 bits per heavy atom. The molecule has 4 rings (SSSR count). The van der Waals surface area contributed by atoms with Gasteiger partial charge in [0.2, 0.25) is 11.8 Å². The van der Waals surface area contributed by atoms with Crippen LogP contribution in [-0.4, -0.2) is 82.0 Å². The van der Waals surface area contributed by atoms with Crippen molar-refractivity contribution in [1.82, 2.24) is 9.80 Å². The van der Waals surface area contributed by atoms with E-state index in [2.05, 4.69) is 20.1 Å². The monoisotopic (exact) mass is 559 g/mol. The summed E-state index contributed by atoms with van der Waals surface area (Å²) in [6.45, 7) is 11.0. The van der Waals surface area contributed by atoms with E-state index in [4.69, 9.17) is 11.6 Å². The summed E-state index contributed by atoms with van der Waals surface area (Å²) in [7, 11) is 1.75. The summed E-state index contributed by atoms with van der Waals surface area (Å²) in [6, 6.07) is 6.41. The number of thioether (sulfide) groups is 1. The van der Waals surface area contributed by atoms with Crippen LogP contribution in [0.15, 0.2) is 49.6 Å². The van der Waals surface area contributed by atoms with E-state index in [1.807, 2.05) is 0 Å². The largest absolute Gasteiger partial charge is 0.396 e. The third-order valence-corrected chi connectivity index (χ3v) is 10.6. The van der Waals surface area contributed by atoms with Crippen molar-refractivity contribution in [3.05, 3.63) is 54.6 Å². The van der Waals surface area contributed by atoms with Crippen molar-refractivity contribution in [3.63, 3.8) is 0 Å². The van der Waals surface area contributed by atoms with Gasteiger partial charge in [-0.2, -0.15) is 0 Å². The molecule has 3 saturated heterocycles. The lowest BCUT2D eigenvalue weighted by molar-refractivity contribution is -0.143. The van der Waals surface area contributed by atoms with E-state index in [0.717, 1.165) is 12.8 Å². The first kappa shape index (κ1) is 28.7. The maximum Gasteiger partial charge on any atom is 0.251 e. The molecule has 3 aliphatic rings. The Kier molecular flexibility index (Phi) is 8.95. The topological polar surface area (TPSA) is 81.2 Å². The quantitative estimate of drug-likeness (QED) is 0.309. The van der Waals surface area contributed by atoms with Gasteiger partial charge in [-0.15, -0.1) is 24.9 Å². The predicted molar refractivity (Wildman–Crippen MR) is 153 cm³/mol. The van der Waals surface area contributed by atoms with Crippen LogP contribution in [0.3, 0.4) is 0 Å². The van der Waals surface area contributed by atoms with Crippen LogP contribution in [0, 0.1) is 17.8 Å². The zero-order valence-electron chi connectivity index (χ0n) is 22.2. The highest BCUT2D eigenvalue weighted by molar-refractivity contribution is 8.02. The van der Waals surface area contributed by atoms with Gasteiger partial charge in [-0.25, -0.2) is 0 Å². The van der Waals surface area contributed by atoms with Gasteiger partial charge in [-0.3, -0.25) is 14.4 Å². The first-order valence-electron chi connectivity index (χ1n) is 13.4. The molecule has 38 heavy (non-hydrogen) atoms. The number of hydrogen-bond donors (Lipinski definition) is 1. The van der Waals surface area contributed by atoms with Gasteiger partial charge in [0.05, 0.1) is 16.6 Å². The highest BCUT2D eigenvalue weighted by Crippen LogP contribution is 2.69. The number of carbonyl (C=O) groups is 3. The van der Waals surface area contributed by atoms with E-state index < -0.39 is 22.6 Å². The zero-order chi connectivity index (χ0) is 27.6. The number of halogens is 1. The average Bonchev–Trinajstić information content (AvgIpc) is 3.49. The number of anilines is 1. The minimum atomic E-state index is -0.697. The molecule has 1 aromatic rings. The Hall–Kier alpha value is -2.29. The number of nitrogens with zero attached hydrogens (tertiary/aromatic N) is 3. The van der Waals surface area contributed by atoms with Crippen molar-refractivity contribution in [1.29, 1.82) is 0 Å². The molecule has 0 aliphatic carbocycles. The first-order chi connectivity index (χ1) is 18.2.